The van der Waals surface area contributed by atoms with E-state index in [0.29, 0.717) is 45.3 Å². The molecule has 1 aliphatic rings. The first-order chi connectivity index (χ1) is 72.5. The van der Waals surface area contributed by atoms with E-state index in [1.165, 1.54) is 61.5 Å². The van der Waals surface area contributed by atoms with Crippen LogP contribution in [0.1, 0.15) is 173 Å². The Balaban J connectivity index is 0.000000107. The number of nitrogens with zero attached hydrogens (tertiary/aromatic N) is 10. The highest BCUT2D eigenvalue weighted by atomic mass is 16.4. The van der Waals surface area contributed by atoms with Gasteiger partial charge in [0, 0.05) is 154 Å². The first kappa shape index (κ1) is 83.8. The molecule has 1 aliphatic carbocycles. The number of furan rings is 5. The molecule has 0 bridgehead atoms. The Morgan fingerprint density at radius 1 is 0.306 bits per heavy atom. The summed E-state index contributed by atoms with van der Waals surface area (Å²) >= 11 is 0. The lowest BCUT2D eigenvalue weighted by atomic mass is 9.91. The van der Waals surface area contributed by atoms with Gasteiger partial charge in [0.05, 0.1) is 27.8 Å². The first-order valence-electron chi connectivity index (χ1n) is 53.6. The molecule has 144 heavy (non-hydrogen) atoms. The third kappa shape index (κ3) is 16.1. The van der Waals surface area contributed by atoms with E-state index >= 15 is 0 Å². The molecule has 712 valence electrons. The van der Waals surface area contributed by atoms with Crippen LogP contribution in [-0.4, -0.2) is 24.9 Å². The Labute approximate surface area is 849 Å². The Morgan fingerprint density at radius 2 is 0.562 bits per heavy atom. The van der Waals surface area contributed by atoms with E-state index in [1.54, 1.807) is 13.0 Å². The number of benzene rings is 10. The lowest BCUT2D eigenvalue weighted by Crippen LogP contribution is -2.31. The second-order valence-corrected chi connectivity index (χ2v) is 39.3. The van der Waals surface area contributed by atoms with Gasteiger partial charge in [0.15, 0.2) is 58.9 Å². The Hall–Kier alpha value is -16.0. The Morgan fingerprint density at radius 3 is 0.854 bits per heavy atom. The molecule has 1 atom stereocenters. The van der Waals surface area contributed by atoms with Gasteiger partial charge in [-0.15, -0.1) is 0 Å². The summed E-state index contributed by atoms with van der Waals surface area (Å²) in [5.74, 6) is -2.91. The second-order valence-electron chi connectivity index (χ2n) is 39.3. The van der Waals surface area contributed by atoms with Crippen LogP contribution in [0, 0.1) is 76.2 Å². The largest absolute Gasteiger partial charge is 0.437 e. The molecule has 15 heteroatoms. The number of hydrogen-bond acceptors (Lipinski definition) is 10. The fourth-order valence-corrected chi connectivity index (χ4v) is 22.0. The number of fused-ring (bicyclic) bond motifs is 25. The van der Waals surface area contributed by atoms with E-state index in [1.807, 2.05) is 164 Å². The first-order valence-corrected chi connectivity index (χ1v) is 49.6. The minimum absolute atomic E-state index is 0.432. The average Bonchev–Trinajstić information content (AvgIpc) is 1.58. The summed E-state index contributed by atoms with van der Waals surface area (Å²) in [5.41, 5.74) is 32.3. The smallest absolute Gasteiger partial charge is 0.227 e. The SMILES string of the molecule is Cc1cc[n+](C)c(-c2c(C)c3ccccc3c3c2oc2nc(C)ccc23)c1.[2H]C(C)(C)c1cc[n+](C)c(-c2c(C)c3ccccc3c3c2oc2nc(C)ccc23)c1.[2H]C([2H])(C)c1cc[n+](C)c(-c2c(C)c3ccccc3c3c2oc2nc(C)ccc23)c1.[2H]C([2H])([2H])C([2H])(C)c1cc[n+](C)c(-c2c(C)c3ccccc3c3c2oc2nc(C)ccc23)c1.[2H]C1(c2cc[n+](C)c(-c3c(C)c4ccccc4c4c3oc3nc(C)ccc34)c2)CCCC1. The zero-order valence-electron chi connectivity index (χ0n) is 93.3. The van der Waals surface area contributed by atoms with E-state index in [0.717, 1.165) is 230 Å². The fraction of sp³-hybridized carbons (Fsp3) is 0.225. The summed E-state index contributed by atoms with van der Waals surface area (Å²) < 4.78 is 109. The second kappa shape index (κ2) is 37.1. The number of pyridine rings is 10. The third-order valence-corrected chi connectivity index (χ3v) is 29.6. The molecule has 0 aliphatic heterocycles. The summed E-state index contributed by atoms with van der Waals surface area (Å²) in [6.45, 7) is 27.1. The molecule has 15 aromatic heterocycles. The number of hydrogen-bond donors (Lipinski definition) is 0. The van der Waals surface area contributed by atoms with Crippen molar-refractivity contribution in [3.05, 3.63) is 358 Å². The fourth-order valence-electron chi connectivity index (χ4n) is 22.0. The quantitative estimate of drug-likeness (QED) is 0.128. The molecule has 1 fully saturated rings. The summed E-state index contributed by atoms with van der Waals surface area (Å²) in [4.78, 5) is 23.3. The van der Waals surface area contributed by atoms with Gasteiger partial charge in [0.2, 0.25) is 57.0 Å². The predicted octanol–water partition coefficient (Wildman–Crippen LogP) is 31.0. The molecular formula is C129H121N10O5+5. The van der Waals surface area contributed by atoms with Crippen LogP contribution in [0.4, 0.5) is 0 Å². The van der Waals surface area contributed by atoms with Gasteiger partial charge in [-0.2, -0.15) is 0 Å². The van der Waals surface area contributed by atoms with Crippen molar-refractivity contribution in [1.29, 1.82) is 0 Å². The molecule has 0 radical (unpaired) electrons. The molecule has 0 spiro atoms. The van der Waals surface area contributed by atoms with Crippen LogP contribution in [0.25, 0.3) is 220 Å². The van der Waals surface area contributed by atoms with Crippen LogP contribution in [0.2, 0.25) is 0 Å². The minimum atomic E-state index is -2.46. The van der Waals surface area contributed by atoms with Gasteiger partial charge in [-0.3, -0.25) is 0 Å². The van der Waals surface area contributed by atoms with E-state index in [9.17, 15) is 0 Å². The van der Waals surface area contributed by atoms with Crippen molar-refractivity contribution in [2.75, 3.05) is 0 Å². The minimum Gasteiger partial charge on any atom is -0.437 e. The number of rotatable bonds is 9. The van der Waals surface area contributed by atoms with Crippen molar-refractivity contribution >= 4 is 164 Å². The molecule has 0 saturated heterocycles. The summed E-state index contributed by atoms with van der Waals surface area (Å²) in [6, 6.07) is 83.0. The van der Waals surface area contributed by atoms with Gasteiger partial charge in [-0.25, -0.2) is 47.8 Å². The zero-order valence-corrected chi connectivity index (χ0v) is 85.3. The lowest BCUT2D eigenvalue weighted by molar-refractivity contribution is -0.660. The highest BCUT2D eigenvalue weighted by Crippen LogP contribution is 2.50. The summed E-state index contributed by atoms with van der Waals surface area (Å²) in [5, 5.41) is 22.3. The van der Waals surface area contributed by atoms with Gasteiger partial charge >= 0.3 is 0 Å². The van der Waals surface area contributed by atoms with Gasteiger partial charge in [-0.05, 0) is 283 Å². The van der Waals surface area contributed by atoms with Crippen LogP contribution in [-0.2, 0) is 41.6 Å². The van der Waals surface area contributed by atoms with Crippen molar-refractivity contribution in [3.8, 4) is 56.3 Å². The molecule has 1 unspecified atom stereocenters. The van der Waals surface area contributed by atoms with Gasteiger partial charge < -0.3 is 22.1 Å². The maximum atomic E-state index is 9.07. The van der Waals surface area contributed by atoms with Crippen molar-refractivity contribution < 1.29 is 55.9 Å². The van der Waals surface area contributed by atoms with Crippen LogP contribution < -0.4 is 22.8 Å². The maximum absolute atomic E-state index is 9.07. The maximum Gasteiger partial charge on any atom is 0.227 e. The van der Waals surface area contributed by atoms with Crippen molar-refractivity contribution in [1.82, 2.24) is 24.9 Å². The summed E-state index contributed by atoms with van der Waals surface area (Å²) in [6.07, 6.45) is 12.7. The van der Waals surface area contributed by atoms with Crippen LogP contribution in [0.15, 0.2) is 296 Å². The molecule has 26 rings (SSSR count). The molecule has 25 aromatic rings. The van der Waals surface area contributed by atoms with Crippen LogP contribution in [0.3, 0.4) is 0 Å². The molecular weight excluding hydrogens is 1770 g/mol. The molecule has 10 aromatic carbocycles. The zero-order chi connectivity index (χ0) is 107. The van der Waals surface area contributed by atoms with Gasteiger partial charge in [0.1, 0.15) is 35.2 Å². The molecule has 15 heterocycles. The van der Waals surface area contributed by atoms with E-state index in [-0.39, 0.29) is 0 Å². The van der Waals surface area contributed by atoms with Crippen LogP contribution >= 0.6 is 0 Å². The van der Waals surface area contributed by atoms with Gasteiger partial charge in [-0.1, -0.05) is 169 Å². The van der Waals surface area contributed by atoms with E-state index < -0.39 is 30.9 Å². The number of aromatic nitrogens is 10. The summed E-state index contributed by atoms with van der Waals surface area (Å²) in [7, 11) is 10.1. The normalized spacial score (nSPS) is 14.2. The monoisotopic (exact) mass is 1900 g/mol. The standard InChI is InChI=1S/C28H27N2O.2C26H25N2O.C25H23N2O.C24H21N2O/c1-17-12-13-23-26-22-11-7-6-10-21(22)18(2)25(27(26)31-28(23)29-17)24-16-20(14-15-30(24)3)19-8-4-5-9-19;2*1-15(2)18-12-13-28(5)22(14-18)23-17(4)19-8-6-7-9-20(19)24-21-11-10-16(3)27-26(21)29-25(23)24;1-5-17-12-13-27(4)21(14-17)22-16(3)18-8-6-7-9-19(18)23-20-11-10-15(2)26-25(20)28-24(22)23;1-14-11-12-26(4)20(13-14)21-16(3)17-7-5-6-8-18(17)22-19-10-9-15(2)25-24(19)27-23(21)22/h6-7,10-16,19H,4-5,8-9H2,1-3H3;2*6-15H,1-5H3;6-14H,5H2,1-4H3;5-13H,1-4H3/q5*+1/i19D;1D3,15D;15D;5D2;. The van der Waals surface area contributed by atoms with E-state index in [4.69, 9.17) is 38.0 Å². The van der Waals surface area contributed by atoms with E-state index in [2.05, 4.69) is 272 Å². The van der Waals surface area contributed by atoms with Crippen molar-refractivity contribution in [2.24, 2.45) is 35.2 Å². The topological polar surface area (TPSA) is 150 Å². The molecule has 0 N–H and O–H groups in total. The lowest BCUT2D eigenvalue weighted by Gasteiger charge is -2.13. The molecule has 15 nitrogen and oxygen atoms in total. The Kier molecular flexibility index (Phi) is 21.6. The highest BCUT2D eigenvalue weighted by Gasteiger charge is 2.34. The van der Waals surface area contributed by atoms with Crippen LogP contribution in [0.5, 0.6) is 0 Å². The predicted molar refractivity (Wildman–Crippen MR) is 589 cm³/mol. The highest BCUT2D eigenvalue weighted by molar-refractivity contribution is 6.28. The number of aryl methyl sites for hydroxylation is 17. The average molecular weight is 1900 g/mol. The third-order valence-electron chi connectivity index (χ3n) is 29.6. The Bertz CT molecular complexity index is 9780. The molecule has 1 saturated carbocycles. The van der Waals surface area contributed by atoms with Crippen molar-refractivity contribution in [3.63, 3.8) is 0 Å². The van der Waals surface area contributed by atoms with Gasteiger partial charge in [0.25, 0.3) is 0 Å². The molecule has 0 amide bonds. The van der Waals surface area contributed by atoms with Crippen molar-refractivity contribution in [2.45, 2.75) is 160 Å².